The highest BCUT2D eigenvalue weighted by Gasteiger charge is 2.20. The average Bonchev–Trinajstić information content (AvgIpc) is 3.30. The number of carbonyl (C=O) groups excluding carboxylic acids is 1. The molecule has 4 aromatic rings. The number of hydrogen-bond donors (Lipinski definition) is 1. The van der Waals surface area contributed by atoms with Crippen molar-refractivity contribution in [3.8, 4) is 23.0 Å². The van der Waals surface area contributed by atoms with Gasteiger partial charge in [-0.05, 0) is 65.7 Å². The van der Waals surface area contributed by atoms with Crippen LogP contribution in [0.5, 0.6) is 0 Å². The van der Waals surface area contributed by atoms with E-state index in [2.05, 4.69) is 47.6 Å². The van der Waals surface area contributed by atoms with Gasteiger partial charge in [-0.2, -0.15) is 5.26 Å². The van der Waals surface area contributed by atoms with Crippen LogP contribution in [0.1, 0.15) is 29.8 Å². The summed E-state index contributed by atoms with van der Waals surface area (Å²) in [5.74, 6) is -0.275. The van der Waals surface area contributed by atoms with E-state index in [9.17, 15) is 10.1 Å². The molecular weight excluding hydrogens is 470 g/mol. The standard InChI is InChI=1S/C23H18BrN7O/c1-23(2,13-25)17-4-3-5-18(9-17)28-22(32)15-6-7-19(24)21(8-15)31-12-20(29-30-31)16-10-26-14-27-11-16/h3-12,14H,1-2H3,(H,28,32). The van der Waals surface area contributed by atoms with E-state index in [1.807, 2.05) is 32.0 Å². The number of nitrogens with one attached hydrogen (secondary N) is 1. The van der Waals surface area contributed by atoms with Crippen LogP contribution in [0, 0.1) is 11.3 Å². The van der Waals surface area contributed by atoms with Crippen molar-refractivity contribution in [2.45, 2.75) is 19.3 Å². The van der Waals surface area contributed by atoms with Crippen molar-refractivity contribution in [3.63, 3.8) is 0 Å². The third-order valence-electron chi connectivity index (χ3n) is 4.93. The van der Waals surface area contributed by atoms with Gasteiger partial charge >= 0.3 is 0 Å². The lowest BCUT2D eigenvalue weighted by molar-refractivity contribution is 0.102. The van der Waals surface area contributed by atoms with Crippen molar-refractivity contribution in [2.75, 3.05) is 5.32 Å². The summed E-state index contributed by atoms with van der Waals surface area (Å²) in [6.45, 7) is 3.67. The van der Waals surface area contributed by atoms with Gasteiger partial charge in [-0.15, -0.1) is 5.10 Å². The molecule has 0 aliphatic carbocycles. The Bertz CT molecular complexity index is 1330. The highest BCUT2D eigenvalue weighted by Crippen LogP contribution is 2.26. The fourth-order valence-corrected chi connectivity index (χ4v) is 3.46. The van der Waals surface area contributed by atoms with Crippen LogP contribution in [-0.4, -0.2) is 30.9 Å². The Morgan fingerprint density at radius 3 is 2.69 bits per heavy atom. The van der Waals surface area contributed by atoms with Gasteiger partial charge in [0.25, 0.3) is 5.91 Å². The second-order valence-electron chi connectivity index (χ2n) is 7.61. The fraction of sp³-hybridized carbons (Fsp3) is 0.130. The lowest BCUT2D eigenvalue weighted by Gasteiger charge is -2.17. The summed E-state index contributed by atoms with van der Waals surface area (Å²) in [5.41, 5.74) is 3.26. The molecular formula is C23H18BrN7O. The van der Waals surface area contributed by atoms with E-state index in [-0.39, 0.29) is 5.91 Å². The Morgan fingerprint density at radius 1 is 1.16 bits per heavy atom. The smallest absolute Gasteiger partial charge is 0.255 e. The van der Waals surface area contributed by atoms with Gasteiger partial charge in [0.1, 0.15) is 12.0 Å². The van der Waals surface area contributed by atoms with Crippen LogP contribution < -0.4 is 5.32 Å². The number of anilines is 1. The van der Waals surface area contributed by atoms with E-state index in [4.69, 9.17) is 0 Å². The minimum Gasteiger partial charge on any atom is -0.322 e. The monoisotopic (exact) mass is 487 g/mol. The van der Waals surface area contributed by atoms with Crippen LogP contribution in [0.15, 0.2) is 71.9 Å². The molecule has 1 amide bonds. The lowest BCUT2D eigenvalue weighted by atomic mass is 9.86. The Morgan fingerprint density at radius 2 is 1.94 bits per heavy atom. The van der Waals surface area contributed by atoms with Crippen molar-refractivity contribution in [1.82, 2.24) is 25.0 Å². The maximum Gasteiger partial charge on any atom is 0.255 e. The van der Waals surface area contributed by atoms with E-state index < -0.39 is 5.41 Å². The number of benzene rings is 2. The first-order valence-corrected chi connectivity index (χ1v) is 10.5. The molecule has 0 unspecified atom stereocenters. The fourth-order valence-electron chi connectivity index (χ4n) is 3.03. The van der Waals surface area contributed by atoms with Crippen LogP contribution in [-0.2, 0) is 5.41 Å². The van der Waals surface area contributed by atoms with Gasteiger partial charge in [-0.25, -0.2) is 14.6 Å². The Balaban J connectivity index is 1.60. The molecule has 0 spiro atoms. The molecule has 4 rings (SSSR count). The number of aromatic nitrogens is 5. The second-order valence-corrected chi connectivity index (χ2v) is 8.47. The van der Waals surface area contributed by atoms with Gasteiger partial charge in [0.2, 0.25) is 0 Å². The van der Waals surface area contributed by atoms with E-state index in [0.29, 0.717) is 22.6 Å². The molecule has 32 heavy (non-hydrogen) atoms. The number of hydrogen-bond acceptors (Lipinski definition) is 6. The molecule has 0 saturated carbocycles. The van der Waals surface area contributed by atoms with Gasteiger partial charge in [0, 0.05) is 33.7 Å². The third-order valence-corrected chi connectivity index (χ3v) is 5.60. The molecule has 9 heteroatoms. The summed E-state index contributed by atoms with van der Waals surface area (Å²) in [6, 6.07) is 14.8. The molecule has 0 aliphatic rings. The molecule has 8 nitrogen and oxygen atoms in total. The number of amides is 1. The van der Waals surface area contributed by atoms with Gasteiger partial charge in [-0.1, -0.05) is 17.3 Å². The van der Waals surface area contributed by atoms with Crippen LogP contribution in [0.25, 0.3) is 16.9 Å². The zero-order chi connectivity index (χ0) is 22.7. The average molecular weight is 488 g/mol. The Hall–Kier alpha value is -3.90. The number of halogens is 1. The normalized spacial score (nSPS) is 11.1. The summed E-state index contributed by atoms with van der Waals surface area (Å²) < 4.78 is 2.34. The van der Waals surface area contributed by atoms with E-state index in [1.165, 1.54) is 6.33 Å². The van der Waals surface area contributed by atoms with Gasteiger partial charge in [0.15, 0.2) is 0 Å². The van der Waals surface area contributed by atoms with E-state index in [0.717, 1.165) is 15.6 Å². The number of nitrogens with zero attached hydrogens (tertiary/aromatic N) is 6. The van der Waals surface area contributed by atoms with Gasteiger partial charge in [0.05, 0.1) is 23.4 Å². The first-order chi connectivity index (χ1) is 15.4. The molecule has 2 aromatic carbocycles. The maximum atomic E-state index is 12.9. The summed E-state index contributed by atoms with van der Waals surface area (Å²) in [6.07, 6.45) is 6.50. The molecule has 0 fully saturated rings. The summed E-state index contributed by atoms with van der Waals surface area (Å²) in [5, 5.41) is 20.6. The first kappa shape index (κ1) is 21.3. The molecule has 2 aromatic heterocycles. The first-order valence-electron chi connectivity index (χ1n) is 9.68. The van der Waals surface area contributed by atoms with Crippen molar-refractivity contribution in [3.05, 3.63) is 83.0 Å². The van der Waals surface area contributed by atoms with Crippen molar-refractivity contribution in [1.29, 1.82) is 5.26 Å². The van der Waals surface area contributed by atoms with Crippen molar-refractivity contribution >= 4 is 27.5 Å². The van der Waals surface area contributed by atoms with Crippen LogP contribution in [0.4, 0.5) is 5.69 Å². The van der Waals surface area contributed by atoms with E-state index >= 15 is 0 Å². The predicted octanol–water partition coefficient (Wildman–Crippen LogP) is 4.54. The molecule has 158 valence electrons. The van der Waals surface area contributed by atoms with Gasteiger partial charge < -0.3 is 5.32 Å². The zero-order valence-electron chi connectivity index (χ0n) is 17.3. The molecule has 0 bridgehead atoms. The highest BCUT2D eigenvalue weighted by molar-refractivity contribution is 9.10. The SMILES string of the molecule is CC(C)(C#N)c1cccc(NC(=O)c2ccc(Br)c(-n3cc(-c4cncnc4)nn3)c2)c1. The minimum absolute atomic E-state index is 0.275. The number of carbonyl (C=O) groups is 1. The van der Waals surface area contributed by atoms with Crippen molar-refractivity contribution in [2.24, 2.45) is 0 Å². The predicted molar refractivity (Wildman–Crippen MR) is 123 cm³/mol. The van der Waals surface area contributed by atoms with Crippen LogP contribution >= 0.6 is 15.9 Å². The largest absolute Gasteiger partial charge is 0.322 e. The molecule has 2 heterocycles. The number of rotatable bonds is 5. The molecule has 0 saturated heterocycles. The Kier molecular flexibility index (Phi) is 5.79. The molecule has 0 radical (unpaired) electrons. The molecule has 0 aliphatic heterocycles. The van der Waals surface area contributed by atoms with E-state index in [1.54, 1.807) is 47.5 Å². The van der Waals surface area contributed by atoms with Gasteiger partial charge in [-0.3, -0.25) is 4.79 Å². The van der Waals surface area contributed by atoms with Crippen LogP contribution in [0.2, 0.25) is 0 Å². The third kappa shape index (κ3) is 4.40. The van der Waals surface area contributed by atoms with Crippen LogP contribution in [0.3, 0.4) is 0 Å². The quantitative estimate of drug-likeness (QED) is 0.442. The topological polar surface area (TPSA) is 109 Å². The molecule has 0 atom stereocenters. The summed E-state index contributed by atoms with van der Waals surface area (Å²) >= 11 is 3.51. The summed E-state index contributed by atoms with van der Waals surface area (Å²) in [7, 11) is 0. The minimum atomic E-state index is -0.653. The number of nitriles is 1. The molecule has 1 N–H and O–H groups in total. The second kappa shape index (κ2) is 8.69. The zero-order valence-corrected chi connectivity index (χ0v) is 18.9. The lowest BCUT2D eigenvalue weighted by Crippen LogP contribution is -2.16. The van der Waals surface area contributed by atoms with Crippen molar-refractivity contribution < 1.29 is 4.79 Å². The maximum absolute atomic E-state index is 12.9. The Labute approximate surface area is 193 Å². The highest BCUT2D eigenvalue weighted by atomic mass is 79.9. The summed E-state index contributed by atoms with van der Waals surface area (Å²) in [4.78, 5) is 20.9.